The zero-order chi connectivity index (χ0) is 31.1. The highest BCUT2D eigenvalue weighted by Crippen LogP contribution is 2.65. The summed E-state index contributed by atoms with van der Waals surface area (Å²) in [6.07, 6.45) is 5.47. The first kappa shape index (κ1) is 31.0. The summed E-state index contributed by atoms with van der Waals surface area (Å²) in [5.41, 5.74) is -1.33. The van der Waals surface area contributed by atoms with E-state index in [4.69, 9.17) is 4.74 Å². The van der Waals surface area contributed by atoms with Gasteiger partial charge in [-0.1, -0.05) is 63.3 Å². The quantitative estimate of drug-likeness (QED) is 0.368. The number of amides is 3. The lowest BCUT2D eigenvalue weighted by Gasteiger charge is -2.40. The summed E-state index contributed by atoms with van der Waals surface area (Å²) in [7, 11) is 1.71. The Labute approximate surface area is 255 Å². The molecule has 2 aromatic carbocycles. The Morgan fingerprint density at radius 2 is 1.79 bits per heavy atom. The van der Waals surface area contributed by atoms with Crippen molar-refractivity contribution in [1.82, 2.24) is 9.80 Å². The average Bonchev–Trinajstić information content (AvgIpc) is 3.61. The number of hydrogen-bond donors (Lipinski definition) is 1. The molecule has 8 heteroatoms. The van der Waals surface area contributed by atoms with E-state index in [-0.39, 0.29) is 36.8 Å². The molecule has 1 spiro atoms. The van der Waals surface area contributed by atoms with Crippen molar-refractivity contribution >= 4 is 34.2 Å². The first-order chi connectivity index (χ1) is 20.6. The number of ether oxygens (including phenoxy) is 1. The Bertz CT molecular complexity index is 1420. The van der Waals surface area contributed by atoms with Crippen molar-refractivity contribution in [3.63, 3.8) is 0 Å². The predicted octanol–water partition coefficient (Wildman–Crippen LogP) is 4.57. The lowest BCUT2D eigenvalue weighted by Crippen LogP contribution is -2.59. The molecule has 230 valence electrons. The Hall–Kier alpha value is -3.49. The van der Waals surface area contributed by atoms with E-state index in [2.05, 4.69) is 13.2 Å². The highest BCUT2D eigenvalue weighted by Gasteiger charge is 2.79. The van der Waals surface area contributed by atoms with Crippen molar-refractivity contribution in [3.05, 3.63) is 67.8 Å². The number of carbonyl (C=O) groups is 3. The van der Waals surface area contributed by atoms with Crippen molar-refractivity contribution in [1.29, 1.82) is 0 Å². The second kappa shape index (κ2) is 11.9. The number of fused-ring (bicyclic) bond motifs is 2. The normalized spacial score (nSPS) is 28.3. The molecule has 3 heterocycles. The van der Waals surface area contributed by atoms with E-state index in [1.54, 1.807) is 33.9 Å². The molecule has 3 amide bonds. The van der Waals surface area contributed by atoms with E-state index in [0.29, 0.717) is 37.9 Å². The van der Waals surface area contributed by atoms with Crippen LogP contribution in [0.15, 0.2) is 67.8 Å². The molecule has 43 heavy (non-hydrogen) atoms. The van der Waals surface area contributed by atoms with Crippen molar-refractivity contribution < 1.29 is 24.2 Å². The minimum Gasteiger partial charge on any atom is -0.394 e. The van der Waals surface area contributed by atoms with Gasteiger partial charge in [-0.25, -0.2) is 0 Å². The van der Waals surface area contributed by atoms with Crippen LogP contribution in [0.25, 0.3) is 10.8 Å². The van der Waals surface area contributed by atoms with Crippen molar-refractivity contribution in [2.45, 2.75) is 69.7 Å². The van der Waals surface area contributed by atoms with Crippen LogP contribution in [0, 0.1) is 17.8 Å². The van der Waals surface area contributed by atoms with Gasteiger partial charge in [0.1, 0.15) is 11.6 Å². The minimum absolute atomic E-state index is 0.166. The summed E-state index contributed by atoms with van der Waals surface area (Å²) in [4.78, 5) is 48.5. The molecule has 3 aliphatic rings. The third-order valence-corrected chi connectivity index (χ3v) is 9.87. The Kier molecular flexibility index (Phi) is 8.56. The summed E-state index contributed by atoms with van der Waals surface area (Å²) >= 11 is 0. The van der Waals surface area contributed by atoms with Gasteiger partial charge < -0.3 is 24.5 Å². The lowest BCUT2D eigenvalue weighted by atomic mass is 9.64. The molecule has 2 aromatic rings. The Morgan fingerprint density at radius 3 is 2.42 bits per heavy atom. The van der Waals surface area contributed by atoms with E-state index >= 15 is 0 Å². The summed E-state index contributed by atoms with van der Waals surface area (Å²) in [5, 5.41) is 12.7. The molecule has 0 radical (unpaired) electrons. The monoisotopic (exact) mass is 587 g/mol. The maximum atomic E-state index is 15.0. The molecule has 2 unspecified atom stereocenters. The number of carbonyl (C=O) groups excluding carboxylic acids is 3. The molecular formula is C35H45N3O5. The highest BCUT2D eigenvalue weighted by atomic mass is 16.5. The van der Waals surface area contributed by atoms with Crippen molar-refractivity contribution in [3.8, 4) is 0 Å². The summed E-state index contributed by atoms with van der Waals surface area (Å²) in [6.45, 7) is 14.0. The number of hydrogen-bond acceptors (Lipinski definition) is 5. The van der Waals surface area contributed by atoms with Crippen LogP contribution in [-0.4, -0.2) is 82.7 Å². The second-order valence-corrected chi connectivity index (χ2v) is 12.8. The van der Waals surface area contributed by atoms with Gasteiger partial charge in [0.25, 0.3) is 5.91 Å². The van der Waals surface area contributed by atoms with Gasteiger partial charge in [0.2, 0.25) is 11.8 Å². The van der Waals surface area contributed by atoms with Crippen LogP contribution in [-0.2, 0) is 19.1 Å². The molecule has 5 rings (SSSR count). The SMILES string of the molecule is C=CCN(C)C(=O)[C@H]1[C@H]2C(=O)N([C@@H](CO)CC(C)C)C(C(=O)N(CC=C)c3ccc4ccccc4c3)C23CC[C@]1(CC)O3. The smallest absolute Gasteiger partial charge is 0.253 e. The van der Waals surface area contributed by atoms with Crippen LogP contribution < -0.4 is 4.90 Å². The zero-order valence-electron chi connectivity index (χ0n) is 25.9. The fourth-order valence-electron chi connectivity index (χ4n) is 7.99. The number of likely N-dealkylation sites (N-methyl/N-ethyl adjacent to an activating group) is 1. The standard InChI is InChI=1S/C35H45N3O5/c1-7-18-36(6)31(40)28-29-32(41)38(27(22-39)20-23(4)5)30(35(29)17-16-34(28,9-3)43-35)33(42)37(19-8-2)26-15-14-24-12-10-11-13-25(24)21-26/h7-8,10-15,21,23,27-30,39H,1-2,9,16-20,22H2,3-6H3/t27-,28-,29+,30?,34+,35?/m1/s1. The van der Waals surface area contributed by atoms with Crippen molar-refractivity contribution in [2.75, 3.05) is 31.6 Å². The minimum atomic E-state index is -1.18. The number of rotatable bonds is 12. The number of aliphatic hydroxyl groups excluding tert-OH is 1. The Morgan fingerprint density at radius 1 is 1.09 bits per heavy atom. The molecule has 2 bridgehead atoms. The highest BCUT2D eigenvalue weighted by molar-refractivity contribution is 6.06. The molecule has 1 N–H and O–H groups in total. The van der Waals surface area contributed by atoms with Crippen LogP contribution in [0.1, 0.15) is 46.5 Å². The maximum absolute atomic E-state index is 15.0. The predicted molar refractivity (Wildman–Crippen MR) is 168 cm³/mol. The average molecular weight is 588 g/mol. The van der Waals surface area contributed by atoms with E-state index in [9.17, 15) is 19.5 Å². The molecule has 0 aromatic heterocycles. The van der Waals surface area contributed by atoms with Crippen LogP contribution in [0.5, 0.6) is 0 Å². The van der Waals surface area contributed by atoms with Gasteiger partial charge in [-0.2, -0.15) is 0 Å². The molecule has 0 saturated carbocycles. The summed E-state index contributed by atoms with van der Waals surface area (Å²) in [6, 6.07) is 12.2. The van der Waals surface area contributed by atoms with E-state index in [1.807, 2.05) is 63.2 Å². The zero-order valence-corrected chi connectivity index (χ0v) is 25.9. The van der Waals surface area contributed by atoms with Gasteiger partial charge in [0.05, 0.1) is 30.1 Å². The molecule has 3 fully saturated rings. The molecular weight excluding hydrogens is 542 g/mol. The largest absolute Gasteiger partial charge is 0.394 e. The molecule has 6 atom stereocenters. The molecule has 0 aliphatic carbocycles. The van der Waals surface area contributed by atoms with Gasteiger partial charge in [-0.05, 0) is 54.5 Å². The van der Waals surface area contributed by atoms with Gasteiger partial charge in [-0.3, -0.25) is 14.4 Å². The number of likely N-dealkylation sites (tertiary alicyclic amines) is 1. The fourth-order valence-corrected chi connectivity index (χ4v) is 7.99. The van der Waals surface area contributed by atoms with Gasteiger partial charge in [0, 0.05) is 25.8 Å². The lowest BCUT2D eigenvalue weighted by molar-refractivity contribution is -0.153. The van der Waals surface area contributed by atoms with Crippen LogP contribution >= 0.6 is 0 Å². The first-order valence-corrected chi connectivity index (χ1v) is 15.5. The molecule has 3 saturated heterocycles. The number of benzene rings is 2. The molecule has 8 nitrogen and oxygen atoms in total. The second-order valence-electron chi connectivity index (χ2n) is 12.8. The van der Waals surface area contributed by atoms with Gasteiger partial charge in [0.15, 0.2) is 0 Å². The Balaban J connectivity index is 1.65. The van der Waals surface area contributed by atoms with Crippen LogP contribution in [0.4, 0.5) is 5.69 Å². The van der Waals surface area contributed by atoms with Gasteiger partial charge >= 0.3 is 0 Å². The molecule has 3 aliphatic heterocycles. The third-order valence-electron chi connectivity index (χ3n) is 9.87. The van der Waals surface area contributed by atoms with Crippen molar-refractivity contribution in [2.24, 2.45) is 17.8 Å². The van der Waals surface area contributed by atoms with E-state index in [0.717, 1.165) is 10.8 Å². The summed E-state index contributed by atoms with van der Waals surface area (Å²) in [5.74, 6) is -2.12. The number of aliphatic hydroxyl groups is 1. The first-order valence-electron chi connectivity index (χ1n) is 15.5. The van der Waals surface area contributed by atoms with Gasteiger partial charge in [-0.15, -0.1) is 13.2 Å². The van der Waals surface area contributed by atoms with E-state index < -0.39 is 35.1 Å². The van der Waals surface area contributed by atoms with Crippen LogP contribution in [0.2, 0.25) is 0 Å². The third kappa shape index (κ3) is 4.89. The van der Waals surface area contributed by atoms with E-state index in [1.165, 1.54) is 0 Å². The number of anilines is 1. The maximum Gasteiger partial charge on any atom is 0.253 e. The summed E-state index contributed by atoms with van der Waals surface area (Å²) < 4.78 is 6.96. The fraction of sp³-hybridized carbons (Fsp3) is 0.514. The topological polar surface area (TPSA) is 90.4 Å². The van der Waals surface area contributed by atoms with Crippen LogP contribution in [0.3, 0.4) is 0 Å². The number of nitrogens with zero attached hydrogens (tertiary/aromatic N) is 3.